The molecule has 2 atom stereocenters. The van der Waals surface area contributed by atoms with Crippen LogP contribution in [-0.2, 0) is 11.3 Å². The van der Waals surface area contributed by atoms with Gasteiger partial charge in [0, 0.05) is 18.6 Å². The van der Waals surface area contributed by atoms with E-state index in [-0.39, 0.29) is 11.8 Å². The molecule has 0 amide bonds. The smallest absolute Gasteiger partial charge is 0.243 e. The average molecular weight is 296 g/mol. The number of nitriles is 1. The zero-order chi connectivity index (χ0) is 15.7. The second-order valence-corrected chi connectivity index (χ2v) is 5.26. The second-order valence-electron chi connectivity index (χ2n) is 5.26. The molecule has 22 heavy (non-hydrogen) atoms. The van der Waals surface area contributed by atoms with Gasteiger partial charge >= 0.3 is 0 Å². The number of nitrogens with one attached hydrogen (secondary N) is 2. The minimum Gasteiger partial charge on any atom is -0.422 e. The normalized spacial score (nSPS) is 20.1. The Morgan fingerprint density at radius 1 is 1.45 bits per heavy atom. The van der Waals surface area contributed by atoms with Crippen LogP contribution in [0.15, 0.2) is 24.3 Å². The van der Waals surface area contributed by atoms with Gasteiger partial charge in [-0.2, -0.15) is 5.26 Å². The first-order chi connectivity index (χ1) is 10.7. The number of hydrogen-bond donors (Lipinski definition) is 2. The lowest BCUT2D eigenvalue weighted by Gasteiger charge is -2.29. The fraction of sp³-hybridized carbons (Fsp3) is 0.312. The molecule has 2 aromatic rings. The van der Waals surface area contributed by atoms with E-state index in [1.807, 2.05) is 31.2 Å². The first kappa shape index (κ1) is 14.3. The number of aromatic nitrogens is 2. The highest BCUT2D eigenvalue weighted by Gasteiger charge is 2.40. The van der Waals surface area contributed by atoms with Crippen molar-refractivity contribution >= 4 is 5.90 Å². The summed E-state index contributed by atoms with van der Waals surface area (Å²) in [6.07, 6.45) is 0. The lowest BCUT2D eigenvalue weighted by atomic mass is 9.78. The summed E-state index contributed by atoms with van der Waals surface area (Å²) >= 11 is 0. The van der Waals surface area contributed by atoms with Crippen LogP contribution in [0.5, 0.6) is 5.88 Å². The van der Waals surface area contributed by atoms with Crippen LogP contribution < -0.4 is 4.74 Å². The first-order valence-electron chi connectivity index (χ1n) is 6.94. The van der Waals surface area contributed by atoms with E-state index in [0.717, 1.165) is 22.4 Å². The molecular formula is C16H16N4O2. The van der Waals surface area contributed by atoms with E-state index in [9.17, 15) is 5.26 Å². The number of aromatic amines is 1. The second kappa shape index (κ2) is 5.62. The van der Waals surface area contributed by atoms with Gasteiger partial charge in [0.2, 0.25) is 11.8 Å². The third kappa shape index (κ3) is 2.16. The van der Waals surface area contributed by atoms with Gasteiger partial charge in [0.15, 0.2) is 0 Å². The summed E-state index contributed by atoms with van der Waals surface area (Å²) in [7, 11) is 1.60. The van der Waals surface area contributed by atoms with Gasteiger partial charge in [-0.1, -0.05) is 24.3 Å². The molecule has 0 bridgehead atoms. The summed E-state index contributed by atoms with van der Waals surface area (Å²) in [5.41, 5.74) is 3.65. The summed E-state index contributed by atoms with van der Waals surface area (Å²) in [6, 6.07) is 10.1. The van der Waals surface area contributed by atoms with Gasteiger partial charge in [-0.05, 0) is 18.1 Å². The van der Waals surface area contributed by atoms with E-state index >= 15 is 0 Å². The summed E-state index contributed by atoms with van der Waals surface area (Å²) in [4.78, 5) is 0. The number of methoxy groups -OCH3 is 1. The standard InChI is InChI=1S/C16H16N4O2/c1-9-5-3-4-6-10(9)13-11(7-17)15(18)22-16-14(13)12(8-21-2)19-20-16/h3-6,11,13,18H,8H2,1-2H3,(H,19,20). The molecule has 3 rings (SSSR count). The van der Waals surface area contributed by atoms with Crippen molar-refractivity contribution < 1.29 is 9.47 Å². The maximum Gasteiger partial charge on any atom is 0.243 e. The fourth-order valence-electron chi connectivity index (χ4n) is 2.91. The minimum atomic E-state index is -0.679. The highest BCUT2D eigenvalue weighted by Crippen LogP contribution is 2.43. The number of fused-ring (bicyclic) bond motifs is 1. The van der Waals surface area contributed by atoms with E-state index in [2.05, 4.69) is 16.3 Å². The molecule has 2 N–H and O–H groups in total. The van der Waals surface area contributed by atoms with Crippen molar-refractivity contribution in [1.29, 1.82) is 10.7 Å². The van der Waals surface area contributed by atoms with Crippen LogP contribution in [0.1, 0.15) is 28.3 Å². The van der Waals surface area contributed by atoms with Crippen LogP contribution in [0.2, 0.25) is 0 Å². The SMILES string of the molecule is COCc1[nH]nc2c1C(c1ccccc1C)C(C#N)C(=N)O2. The van der Waals surface area contributed by atoms with Gasteiger partial charge < -0.3 is 9.47 Å². The Bertz CT molecular complexity index is 760. The van der Waals surface area contributed by atoms with Gasteiger partial charge in [-0.15, -0.1) is 5.10 Å². The predicted molar refractivity (Wildman–Crippen MR) is 79.8 cm³/mol. The molecule has 1 aromatic heterocycles. The molecule has 0 fully saturated rings. The van der Waals surface area contributed by atoms with Crippen molar-refractivity contribution in [3.05, 3.63) is 46.6 Å². The lowest BCUT2D eigenvalue weighted by Crippen LogP contribution is -2.31. The van der Waals surface area contributed by atoms with E-state index < -0.39 is 5.92 Å². The van der Waals surface area contributed by atoms with Crippen molar-refractivity contribution in [1.82, 2.24) is 10.2 Å². The van der Waals surface area contributed by atoms with Crippen molar-refractivity contribution in [2.75, 3.05) is 7.11 Å². The number of benzene rings is 1. The average Bonchev–Trinajstić information content (AvgIpc) is 2.89. The summed E-state index contributed by atoms with van der Waals surface area (Å²) in [5.74, 6) is -0.677. The quantitative estimate of drug-likeness (QED) is 0.909. The van der Waals surface area contributed by atoms with E-state index in [1.54, 1.807) is 7.11 Å². The van der Waals surface area contributed by atoms with Gasteiger partial charge in [-0.25, -0.2) is 0 Å². The van der Waals surface area contributed by atoms with Crippen molar-refractivity contribution in [2.45, 2.75) is 19.4 Å². The summed E-state index contributed by atoms with van der Waals surface area (Å²) in [6.45, 7) is 2.35. The molecule has 2 unspecified atom stereocenters. The number of hydrogen-bond acceptors (Lipinski definition) is 5. The van der Waals surface area contributed by atoms with Crippen LogP contribution in [0.25, 0.3) is 0 Å². The Morgan fingerprint density at radius 3 is 2.91 bits per heavy atom. The Hall–Kier alpha value is -2.65. The molecule has 1 aliphatic rings. The molecule has 0 saturated heterocycles. The van der Waals surface area contributed by atoms with E-state index in [1.165, 1.54) is 0 Å². The van der Waals surface area contributed by atoms with E-state index in [4.69, 9.17) is 14.9 Å². The number of H-pyrrole nitrogens is 1. The summed E-state index contributed by atoms with van der Waals surface area (Å²) < 4.78 is 10.6. The molecule has 112 valence electrons. The van der Waals surface area contributed by atoms with Gasteiger partial charge in [0.05, 0.1) is 18.4 Å². The molecular weight excluding hydrogens is 280 g/mol. The number of ether oxygens (including phenoxy) is 2. The van der Waals surface area contributed by atoms with Crippen molar-refractivity contribution in [2.24, 2.45) is 5.92 Å². The largest absolute Gasteiger partial charge is 0.422 e. The Morgan fingerprint density at radius 2 is 2.23 bits per heavy atom. The highest BCUT2D eigenvalue weighted by atomic mass is 16.5. The van der Waals surface area contributed by atoms with Gasteiger partial charge in [0.1, 0.15) is 5.92 Å². The molecule has 0 saturated carbocycles. The molecule has 1 aliphatic heterocycles. The molecule has 0 spiro atoms. The van der Waals surface area contributed by atoms with E-state index in [0.29, 0.717) is 12.5 Å². The maximum atomic E-state index is 9.54. The number of nitrogens with zero attached hydrogens (tertiary/aromatic N) is 2. The van der Waals surface area contributed by atoms with Crippen LogP contribution in [0.4, 0.5) is 0 Å². The minimum absolute atomic E-state index is 0.0706. The predicted octanol–water partition coefficient (Wildman–Crippen LogP) is 2.51. The van der Waals surface area contributed by atoms with Crippen LogP contribution in [0.3, 0.4) is 0 Å². The lowest BCUT2D eigenvalue weighted by molar-refractivity contribution is 0.180. The Kier molecular flexibility index (Phi) is 3.65. The summed E-state index contributed by atoms with van der Waals surface area (Å²) in [5, 5.41) is 24.6. The fourth-order valence-corrected chi connectivity index (χ4v) is 2.91. The zero-order valence-corrected chi connectivity index (χ0v) is 12.4. The number of aryl methyl sites for hydroxylation is 1. The molecule has 2 heterocycles. The maximum absolute atomic E-state index is 9.54. The third-order valence-electron chi connectivity index (χ3n) is 3.93. The highest BCUT2D eigenvalue weighted by molar-refractivity contribution is 5.84. The number of rotatable bonds is 3. The van der Waals surface area contributed by atoms with Crippen molar-refractivity contribution in [3.8, 4) is 11.9 Å². The van der Waals surface area contributed by atoms with Crippen molar-refractivity contribution in [3.63, 3.8) is 0 Å². The van der Waals surface area contributed by atoms with Gasteiger partial charge in [-0.3, -0.25) is 10.5 Å². The topological polar surface area (TPSA) is 94.8 Å². The molecule has 0 radical (unpaired) electrons. The monoisotopic (exact) mass is 296 g/mol. The third-order valence-corrected chi connectivity index (χ3v) is 3.93. The van der Waals surface area contributed by atoms with Crippen LogP contribution in [-0.4, -0.2) is 23.2 Å². The molecule has 1 aromatic carbocycles. The van der Waals surface area contributed by atoms with Crippen LogP contribution in [0, 0.1) is 29.6 Å². The Labute approximate surface area is 128 Å². The first-order valence-corrected chi connectivity index (χ1v) is 6.94. The molecule has 6 nitrogen and oxygen atoms in total. The Balaban J connectivity index is 2.21. The molecule has 0 aliphatic carbocycles. The zero-order valence-electron chi connectivity index (χ0n) is 12.4. The molecule has 6 heteroatoms. The van der Waals surface area contributed by atoms with Crippen LogP contribution >= 0.6 is 0 Å². The van der Waals surface area contributed by atoms with Gasteiger partial charge in [0.25, 0.3) is 0 Å².